The predicted molar refractivity (Wildman–Crippen MR) is 78.6 cm³/mol. The molecule has 104 valence electrons. The first kappa shape index (κ1) is 14.5. The standard InChI is InChI=1S/C15H16ClN3O/c1-3-19(10-13-6-4-5-11(2)18-13)15(20)12-7-8-14(16)17-9-12/h4-9H,3,10H2,1-2H3. The minimum atomic E-state index is -0.0695. The molecular weight excluding hydrogens is 274 g/mol. The number of hydrogen-bond donors (Lipinski definition) is 0. The SMILES string of the molecule is CCN(Cc1cccc(C)n1)C(=O)c1ccc(Cl)nc1. The number of carbonyl (C=O) groups excluding carboxylic acids is 1. The van der Waals surface area contributed by atoms with Crippen LogP contribution in [0, 0.1) is 6.92 Å². The third kappa shape index (κ3) is 3.54. The Labute approximate surface area is 123 Å². The summed E-state index contributed by atoms with van der Waals surface area (Å²) in [5.41, 5.74) is 2.35. The van der Waals surface area contributed by atoms with Crippen molar-refractivity contribution >= 4 is 17.5 Å². The molecule has 2 aromatic rings. The minimum absolute atomic E-state index is 0.0695. The molecule has 0 atom stereocenters. The Kier molecular flexibility index (Phi) is 4.69. The lowest BCUT2D eigenvalue weighted by Gasteiger charge is -2.20. The molecule has 0 N–H and O–H groups in total. The van der Waals surface area contributed by atoms with E-state index in [2.05, 4.69) is 9.97 Å². The highest BCUT2D eigenvalue weighted by atomic mass is 35.5. The number of rotatable bonds is 4. The summed E-state index contributed by atoms with van der Waals surface area (Å²) in [7, 11) is 0. The summed E-state index contributed by atoms with van der Waals surface area (Å²) in [6, 6.07) is 9.10. The first-order valence-corrected chi connectivity index (χ1v) is 6.81. The summed E-state index contributed by atoms with van der Waals surface area (Å²) < 4.78 is 0. The van der Waals surface area contributed by atoms with E-state index in [0.717, 1.165) is 11.4 Å². The van der Waals surface area contributed by atoms with Crippen LogP contribution in [-0.2, 0) is 6.54 Å². The number of aromatic nitrogens is 2. The van der Waals surface area contributed by atoms with Gasteiger partial charge >= 0.3 is 0 Å². The van der Waals surface area contributed by atoms with Crippen molar-refractivity contribution in [3.8, 4) is 0 Å². The van der Waals surface area contributed by atoms with Crippen molar-refractivity contribution in [3.63, 3.8) is 0 Å². The van der Waals surface area contributed by atoms with E-state index in [1.165, 1.54) is 6.20 Å². The van der Waals surface area contributed by atoms with E-state index in [9.17, 15) is 4.79 Å². The van der Waals surface area contributed by atoms with E-state index >= 15 is 0 Å². The number of pyridine rings is 2. The molecule has 0 aromatic carbocycles. The average Bonchev–Trinajstić information content (AvgIpc) is 2.45. The number of halogens is 1. The van der Waals surface area contributed by atoms with Crippen molar-refractivity contribution in [2.75, 3.05) is 6.54 Å². The van der Waals surface area contributed by atoms with Gasteiger partial charge in [-0.1, -0.05) is 17.7 Å². The molecular formula is C15H16ClN3O. The molecule has 0 saturated carbocycles. The lowest BCUT2D eigenvalue weighted by molar-refractivity contribution is 0.0750. The lowest BCUT2D eigenvalue weighted by atomic mass is 10.2. The Balaban J connectivity index is 2.15. The maximum Gasteiger partial charge on any atom is 0.255 e. The molecule has 0 aliphatic heterocycles. The van der Waals surface area contributed by atoms with Crippen molar-refractivity contribution < 1.29 is 4.79 Å². The topological polar surface area (TPSA) is 46.1 Å². The molecule has 20 heavy (non-hydrogen) atoms. The number of hydrogen-bond acceptors (Lipinski definition) is 3. The van der Waals surface area contributed by atoms with Crippen LogP contribution in [0.25, 0.3) is 0 Å². The number of amides is 1. The van der Waals surface area contributed by atoms with Gasteiger partial charge in [-0.05, 0) is 38.1 Å². The van der Waals surface area contributed by atoms with E-state index in [1.54, 1.807) is 17.0 Å². The lowest BCUT2D eigenvalue weighted by Crippen LogP contribution is -2.30. The molecule has 0 aliphatic carbocycles. The third-order valence-electron chi connectivity index (χ3n) is 2.94. The van der Waals surface area contributed by atoms with Crippen LogP contribution in [0.2, 0.25) is 5.15 Å². The van der Waals surface area contributed by atoms with Crippen LogP contribution in [0.5, 0.6) is 0 Å². The fourth-order valence-corrected chi connectivity index (χ4v) is 2.01. The second kappa shape index (κ2) is 6.48. The van der Waals surface area contributed by atoms with Crippen LogP contribution in [0.15, 0.2) is 36.5 Å². The van der Waals surface area contributed by atoms with E-state index in [0.29, 0.717) is 23.8 Å². The fraction of sp³-hybridized carbons (Fsp3) is 0.267. The van der Waals surface area contributed by atoms with E-state index < -0.39 is 0 Å². The monoisotopic (exact) mass is 289 g/mol. The van der Waals surface area contributed by atoms with Crippen LogP contribution in [0.1, 0.15) is 28.7 Å². The second-order valence-corrected chi connectivity index (χ2v) is 4.85. The summed E-state index contributed by atoms with van der Waals surface area (Å²) in [5, 5.41) is 0.380. The van der Waals surface area contributed by atoms with Crippen LogP contribution >= 0.6 is 11.6 Å². The molecule has 0 fully saturated rings. The summed E-state index contributed by atoms with van der Waals surface area (Å²) in [6.07, 6.45) is 1.50. The number of carbonyl (C=O) groups is 1. The Morgan fingerprint density at radius 3 is 2.70 bits per heavy atom. The third-order valence-corrected chi connectivity index (χ3v) is 3.17. The summed E-state index contributed by atoms with van der Waals surface area (Å²) in [4.78, 5) is 22.5. The molecule has 5 heteroatoms. The molecule has 0 radical (unpaired) electrons. The predicted octanol–water partition coefficient (Wildman–Crippen LogP) is 3.10. The van der Waals surface area contributed by atoms with Crippen molar-refractivity contribution in [3.05, 3.63) is 58.6 Å². The Hall–Kier alpha value is -1.94. The van der Waals surface area contributed by atoms with E-state index in [-0.39, 0.29) is 5.91 Å². The molecule has 0 spiro atoms. The quantitative estimate of drug-likeness (QED) is 0.813. The van der Waals surface area contributed by atoms with Crippen LogP contribution in [0.4, 0.5) is 0 Å². The van der Waals surface area contributed by atoms with Gasteiger partial charge < -0.3 is 4.90 Å². The van der Waals surface area contributed by atoms with Crippen LogP contribution < -0.4 is 0 Å². The molecule has 0 aliphatic rings. The molecule has 1 amide bonds. The van der Waals surface area contributed by atoms with Gasteiger partial charge in [-0.2, -0.15) is 0 Å². The minimum Gasteiger partial charge on any atom is -0.333 e. The summed E-state index contributed by atoms with van der Waals surface area (Å²) in [6.45, 7) is 4.97. The van der Waals surface area contributed by atoms with Crippen molar-refractivity contribution in [2.45, 2.75) is 20.4 Å². The highest BCUT2D eigenvalue weighted by Crippen LogP contribution is 2.11. The normalized spacial score (nSPS) is 10.3. The molecule has 2 aromatic heterocycles. The summed E-state index contributed by atoms with van der Waals surface area (Å²) in [5.74, 6) is -0.0695. The first-order chi connectivity index (χ1) is 9.60. The van der Waals surface area contributed by atoms with Crippen molar-refractivity contribution in [1.82, 2.24) is 14.9 Å². The fourth-order valence-electron chi connectivity index (χ4n) is 1.90. The van der Waals surface area contributed by atoms with Gasteiger partial charge in [0.1, 0.15) is 5.15 Å². The number of nitrogens with zero attached hydrogens (tertiary/aromatic N) is 3. The molecule has 0 bridgehead atoms. The maximum atomic E-state index is 12.4. The molecule has 0 saturated heterocycles. The Morgan fingerprint density at radius 1 is 1.30 bits per heavy atom. The zero-order valence-corrected chi connectivity index (χ0v) is 12.3. The molecule has 2 heterocycles. The van der Waals surface area contributed by atoms with Gasteiger partial charge in [-0.3, -0.25) is 9.78 Å². The Morgan fingerprint density at radius 2 is 2.10 bits per heavy atom. The molecule has 2 rings (SSSR count). The molecule has 0 unspecified atom stereocenters. The number of aryl methyl sites for hydroxylation is 1. The van der Waals surface area contributed by atoms with Crippen LogP contribution in [-0.4, -0.2) is 27.3 Å². The largest absolute Gasteiger partial charge is 0.333 e. The van der Waals surface area contributed by atoms with Gasteiger partial charge in [0.25, 0.3) is 5.91 Å². The Bertz CT molecular complexity index is 598. The van der Waals surface area contributed by atoms with Gasteiger partial charge in [0.2, 0.25) is 0 Å². The highest BCUT2D eigenvalue weighted by molar-refractivity contribution is 6.29. The maximum absolute atomic E-state index is 12.4. The van der Waals surface area contributed by atoms with Gasteiger partial charge in [-0.15, -0.1) is 0 Å². The van der Waals surface area contributed by atoms with Gasteiger partial charge in [0, 0.05) is 18.4 Å². The average molecular weight is 290 g/mol. The second-order valence-electron chi connectivity index (χ2n) is 4.46. The zero-order chi connectivity index (χ0) is 14.5. The molecule has 4 nitrogen and oxygen atoms in total. The van der Waals surface area contributed by atoms with Gasteiger partial charge in [0.05, 0.1) is 17.8 Å². The van der Waals surface area contributed by atoms with Crippen molar-refractivity contribution in [2.24, 2.45) is 0 Å². The van der Waals surface area contributed by atoms with E-state index in [1.807, 2.05) is 32.0 Å². The highest BCUT2D eigenvalue weighted by Gasteiger charge is 2.15. The summed E-state index contributed by atoms with van der Waals surface area (Å²) >= 11 is 5.73. The van der Waals surface area contributed by atoms with Gasteiger partial charge in [-0.25, -0.2) is 4.98 Å². The van der Waals surface area contributed by atoms with Gasteiger partial charge in [0.15, 0.2) is 0 Å². The zero-order valence-electron chi connectivity index (χ0n) is 11.5. The van der Waals surface area contributed by atoms with Crippen molar-refractivity contribution in [1.29, 1.82) is 0 Å². The van der Waals surface area contributed by atoms with E-state index in [4.69, 9.17) is 11.6 Å². The smallest absolute Gasteiger partial charge is 0.255 e. The first-order valence-electron chi connectivity index (χ1n) is 6.43. The van der Waals surface area contributed by atoms with Crippen LogP contribution in [0.3, 0.4) is 0 Å².